The van der Waals surface area contributed by atoms with E-state index in [1.54, 1.807) is 43.1 Å². The topological polar surface area (TPSA) is 72.4 Å². The van der Waals surface area contributed by atoms with Crippen LogP contribution in [0.25, 0.3) is 16.6 Å². The van der Waals surface area contributed by atoms with Crippen molar-refractivity contribution in [3.05, 3.63) is 59.7 Å². The van der Waals surface area contributed by atoms with Crippen LogP contribution in [0, 0.1) is 18.3 Å². The third kappa shape index (κ3) is 3.47. The van der Waals surface area contributed by atoms with Crippen molar-refractivity contribution in [2.45, 2.75) is 12.1 Å². The fourth-order valence-electron chi connectivity index (χ4n) is 3.04. The molecule has 140 valence electrons. The number of nitrogens with zero attached hydrogens (tertiary/aromatic N) is 4. The van der Waals surface area contributed by atoms with Crippen molar-refractivity contribution in [3.63, 3.8) is 0 Å². The summed E-state index contributed by atoms with van der Waals surface area (Å²) >= 11 is 1.59. The summed E-state index contributed by atoms with van der Waals surface area (Å²) < 4.78 is 13.2. The molecule has 0 aliphatic rings. The first kappa shape index (κ1) is 18.1. The Hall–Kier alpha value is -3.24. The lowest BCUT2D eigenvalue weighted by molar-refractivity contribution is 0.344. The number of methoxy groups -OCH3 is 1. The molecule has 0 unspecified atom stereocenters. The van der Waals surface area contributed by atoms with Gasteiger partial charge in [-0.3, -0.25) is 4.40 Å². The molecular formula is C21H18N4O2S. The first-order valence-electron chi connectivity index (χ1n) is 8.78. The van der Waals surface area contributed by atoms with Crippen LogP contribution >= 0.6 is 11.8 Å². The van der Waals surface area contributed by atoms with E-state index in [-0.39, 0.29) is 0 Å². The van der Waals surface area contributed by atoms with Crippen LogP contribution in [0.4, 0.5) is 0 Å². The van der Waals surface area contributed by atoms with Crippen LogP contribution in [-0.4, -0.2) is 34.1 Å². The molecule has 2 heterocycles. The maximum absolute atomic E-state index is 8.84. The van der Waals surface area contributed by atoms with E-state index in [9.17, 15) is 0 Å². The van der Waals surface area contributed by atoms with E-state index in [2.05, 4.69) is 33.7 Å². The summed E-state index contributed by atoms with van der Waals surface area (Å²) in [5, 5.41) is 19.5. The van der Waals surface area contributed by atoms with E-state index >= 15 is 0 Å². The number of hydrogen-bond acceptors (Lipinski definition) is 6. The van der Waals surface area contributed by atoms with Crippen molar-refractivity contribution in [3.8, 4) is 17.6 Å². The van der Waals surface area contributed by atoms with Crippen molar-refractivity contribution in [2.75, 3.05) is 19.5 Å². The fourth-order valence-corrected chi connectivity index (χ4v) is 3.81. The monoisotopic (exact) mass is 390 g/mol. The largest absolute Gasteiger partial charge is 0.497 e. The lowest BCUT2D eigenvalue weighted by Crippen LogP contribution is -2.01. The normalized spacial score (nSPS) is 10.9. The van der Waals surface area contributed by atoms with Gasteiger partial charge in [-0.25, -0.2) is 0 Å². The lowest BCUT2D eigenvalue weighted by atomic mass is 10.1. The van der Waals surface area contributed by atoms with E-state index in [1.807, 2.05) is 18.2 Å². The van der Waals surface area contributed by atoms with Gasteiger partial charge in [0, 0.05) is 17.2 Å². The second-order valence-corrected chi connectivity index (χ2v) is 7.28. The van der Waals surface area contributed by atoms with Gasteiger partial charge >= 0.3 is 0 Å². The summed E-state index contributed by atoms with van der Waals surface area (Å²) in [6, 6.07) is 17.3. The number of pyridine rings is 1. The van der Waals surface area contributed by atoms with E-state index in [1.165, 1.54) is 0 Å². The number of rotatable bonds is 6. The lowest BCUT2D eigenvalue weighted by Gasteiger charge is -2.09. The third-order valence-corrected chi connectivity index (χ3v) is 5.33. The van der Waals surface area contributed by atoms with Gasteiger partial charge < -0.3 is 9.47 Å². The van der Waals surface area contributed by atoms with Crippen molar-refractivity contribution < 1.29 is 9.47 Å². The highest BCUT2D eigenvalue weighted by Gasteiger charge is 2.12. The van der Waals surface area contributed by atoms with Crippen molar-refractivity contribution in [1.29, 1.82) is 5.26 Å². The molecule has 0 saturated carbocycles. The Morgan fingerprint density at radius 2 is 1.86 bits per heavy atom. The first-order valence-corrected chi connectivity index (χ1v) is 9.76. The number of ether oxygens (including phenoxy) is 2. The number of aryl methyl sites for hydroxylation is 1. The minimum atomic E-state index is 0.526. The van der Waals surface area contributed by atoms with Crippen molar-refractivity contribution in [1.82, 2.24) is 14.6 Å². The Balaban J connectivity index is 1.53. The van der Waals surface area contributed by atoms with Gasteiger partial charge in [0.25, 0.3) is 0 Å². The molecule has 7 heteroatoms. The van der Waals surface area contributed by atoms with Crippen LogP contribution in [0.3, 0.4) is 0 Å². The summed E-state index contributed by atoms with van der Waals surface area (Å²) in [6.07, 6.45) is 0. The highest BCUT2D eigenvalue weighted by atomic mass is 32.2. The molecule has 0 radical (unpaired) electrons. The molecule has 0 bridgehead atoms. The average Bonchev–Trinajstić information content (AvgIpc) is 3.14. The number of benzene rings is 2. The van der Waals surface area contributed by atoms with Crippen LogP contribution < -0.4 is 9.47 Å². The highest BCUT2D eigenvalue weighted by molar-refractivity contribution is 7.99. The van der Waals surface area contributed by atoms with Gasteiger partial charge in [0.05, 0.1) is 30.9 Å². The quantitative estimate of drug-likeness (QED) is 0.362. The Morgan fingerprint density at radius 3 is 2.61 bits per heavy atom. The average molecular weight is 390 g/mol. The molecule has 0 saturated heterocycles. The Morgan fingerprint density at radius 1 is 1.07 bits per heavy atom. The highest BCUT2D eigenvalue weighted by Crippen LogP contribution is 2.28. The van der Waals surface area contributed by atoms with Gasteiger partial charge in [0.1, 0.15) is 11.5 Å². The van der Waals surface area contributed by atoms with Gasteiger partial charge in [0.15, 0.2) is 10.8 Å². The maximum atomic E-state index is 8.84. The Bertz CT molecular complexity index is 1180. The molecule has 0 atom stereocenters. The number of thioether (sulfide) groups is 1. The smallest absolute Gasteiger partial charge is 0.196 e. The molecule has 2 aromatic heterocycles. The summed E-state index contributed by atoms with van der Waals surface area (Å²) in [7, 11) is 1.66. The van der Waals surface area contributed by atoms with E-state index in [0.717, 1.165) is 44.5 Å². The standard InChI is InChI=1S/C21H18N4O2S/c1-14-11-20-23-24-21(25(20)19-12-17(26-2)7-8-18(14)19)28-10-9-27-16-5-3-15(13-22)4-6-16/h3-8,11-12H,9-10H2,1-2H3. The van der Waals surface area contributed by atoms with Gasteiger partial charge in [-0.15, -0.1) is 10.2 Å². The molecule has 6 nitrogen and oxygen atoms in total. The van der Waals surface area contributed by atoms with Crippen LogP contribution in [0.2, 0.25) is 0 Å². The Labute approximate surface area is 166 Å². The van der Waals surface area contributed by atoms with Crippen LogP contribution in [0.15, 0.2) is 53.7 Å². The minimum absolute atomic E-state index is 0.526. The third-order valence-electron chi connectivity index (χ3n) is 4.44. The zero-order valence-electron chi connectivity index (χ0n) is 15.5. The van der Waals surface area contributed by atoms with Gasteiger partial charge in [-0.1, -0.05) is 11.8 Å². The molecule has 2 aromatic carbocycles. The van der Waals surface area contributed by atoms with Crippen LogP contribution in [0.1, 0.15) is 11.1 Å². The van der Waals surface area contributed by atoms with Crippen molar-refractivity contribution in [2.24, 2.45) is 0 Å². The predicted molar refractivity (Wildman–Crippen MR) is 109 cm³/mol. The number of aromatic nitrogens is 3. The second-order valence-electron chi connectivity index (χ2n) is 6.22. The number of nitriles is 1. The van der Waals surface area contributed by atoms with Gasteiger partial charge in [-0.2, -0.15) is 5.26 Å². The van der Waals surface area contributed by atoms with E-state index in [4.69, 9.17) is 14.7 Å². The van der Waals surface area contributed by atoms with Gasteiger partial charge in [-0.05, 0) is 55.0 Å². The summed E-state index contributed by atoms with van der Waals surface area (Å²) in [5.41, 5.74) is 3.61. The molecule has 0 aliphatic carbocycles. The molecule has 4 rings (SSSR count). The molecule has 28 heavy (non-hydrogen) atoms. The zero-order chi connectivity index (χ0) is 19.5. The molecule has 0 spiro atoms. The van der Waals surface area contributed by atoms with E-state index < -0.39 is 0 Å². The Kier molecular flexibility index (Phi) is 5.04. The van der Waals surface area contributed by atoms with E-state index in [0.29, 0.717) is 12.2 Å². The molecule has 0 fully saturated rings. The predicted octanol–water partition coefficient (Wildman–Crippen LogP) is 4.24. The second kappa shape index (κ2) is 7.79. The molecule has 0 amide bonds. The summed E-state index contributed by atoms with van der Waals surface area (Å²) in [4.78, 5) is 0. The molecular weight excluding hydrogens is 372 g/mol. The van der Waals surface area contributed by atoms with Crippen LogP contribution in [0.5, 0.6) is 11.5 Å². The molecule has 0 aliphatic heterocycles. The summed E-state index contributed by atoms with van der Waals surface area (Å²) in [6.45, 7) is 2.60. The van der Waals surface area contributed by atoms with Crippen LogP contribution in [-0.2, 0) is 0 Å². The zero-order valence-corrected chi connectivity index (χ0v) is 16.4. The van der Waals surface area contributed by atoms with Gasteiger partial charge in [0.2, 0.25) is 0 Å². The maximum Gasteiger partial charge on any atom is 0.196 e. The fraction of sp³-hybridized carbons (Fsp3) is 0.190. The van der Waals surface area contributed by atoms with Crippen molar-refractivity contribution >= 4 is 28.3 Å². The summed E-state index contributed by atoms with van der Waals surface area (Å²) in [5.74, 6) is 2.27. The number of hydrogen-bond donors (Lipinski definition) is 0. The SMILES string of the molecule is COc1ccc2c(C)cc3nnc(SCCOc4ccc(C#N)cc4)n3c2c1. The molecule has 0 N–H and O–H groups in total. The molecule has 4 aromatic rings. The first-order chi connectivity index (χ1) is 13.7. The minimum Gasteiger partial charge on any atom is -0.497 e. The number of fused-ring (bicyclic) bond motifs is 3.